The monoisotopic (exact) mass is 542 g/mol. The van der Waals surface area contributed by atoms with Gasteiger partial charge >= 0.3 is 0 Å². The standard InChI is InChI=1S/C26H30N4O5S2/c1-17(2)14-20(29-26(33)23-15-18-8-3-4-10-22(18)36-23)25(32)28-19-9-7-13-30(16-21(19)31)37(34,35)24-11-5-6-12-27-24/h3-6,8,10-12,15,17,19-20H,7,9,13-14,16H2,1-2H3,(H,28,32)(H,29,33). The van der Waals surface area contributed by atoms with Gasteiger partial charge in [-0.1, -0.05) is 38.1 Å². The Bertz CT molecular complexity index is 1360. The maximum atomic E-state index is 13.2. The molecule has 2 amide bonds. The molecule has 0 spiro atoms. The zero-order chi connectivity index (χ0) is 26.6. The number of nitrogens with one attached hydrogen (secondary N) is 2. The van der Waals surface area contributed by atoms with E-state index in [-0.39, 0.29) is 29.9 Å². The summed E-state index contributed by atoms with van der Waals surface area (Å²) in [4.78, 5) is 43.6. The van der Waals surface area contributed by atoms with Gasteiger partial charge in [-0.05, 0) is 54.8 Å². The molecule has 1 fully saturated rings. The molecule has 1 aromatic carbocycles. The minimum atomic E-state index is -3.93. The van der Waals surface area contributed by atoms with Gasteiger partial charge in [0.2, 0.25) is 5.91 Å². The number of thiophene rings is 1. The molecule has 2 unspecified atom stereocenters. The van der Waals surface area contributed by atoms with E-state index in [9.17, 15) is 22.8 Å². The van der Waals surface area contributed by atoms with E-state index in [0.717, 1.165) is 14.4 Å². The predicted octanol–water partition coefficient (Wildman–Crippen LogP) is 2.98. The normalized spacial score (nSPS) is 17.9. The highest BCUT2D eigenvalue weighted by atomic mass is 32.2. The van der Waals surface area contributed by atoms with Crippen molar-refractivity contribution < 1.29 is 22.8 Å². The highest BCUT2D eigenvalue weighted by Gasteiger charge is 2.35. The van der Waals surface area contributed by atoms with Crippen LogP contribution in [0.5, 0.6) is 0 Å². The third-order valence-corrected chi connectivity index (χ3v) is 9.03. The first-order valence-electron chi connectivity index (χ1n) is 12.2. The average molecular weight is 543 g/mol. The summed E-state index contributed by atoms with van der Waals surface area (Å²) < 4.78 is 28.0. The van der Waals surface area contributed by atoms with E-state index in [1.807, 2.05) is 38.1 Å². The number of ketones is 1. The van der Waals surface area contributed by atoms with Crippen LogP contribution in [0.25, 0.3) is 10.1 Å². The van der Waals surface area contributed by atoms with Gasteiger partial charge in [0, 0.05) is 17.4 Å². The Morgan fingerprint density at radius 3 is 2.62 bits per heavy atom. The lowest BCUT2D eigenvalue weighted by Crippen LogP contribution is -2.52. The number of fused-ring (bicyclic) bond motifs is 1. The SMILES string of the molecule is CC(C)CC(NC(=O)c1cc2ccccc2s1)C(=O)NC1CCCN(S(=O)(=O)c2ccccn2)CC1=O. The van der Waals surface area contributed by atoms with Crippen LogP contribution >= 0.6 is 11.3 Å². The molecule has 2 N–H and O–H groups in total. The summed E-state index contributed by atoms with van der Waals surface area (Å²) in [7, 11) is -3.93. The van der Waals surface area contributed by atoms with Gasteiger partial charge in [0.05, 0.1) is 17.5 Å². The van der Waals surface area contributed by atoms with Crippen molar-refractivity contribution in [2.24, 2.45) is 5.92 Å². The molecule has 2 aromatic heterocycles. The second kappa shape index (κ2) is 11.5. The summed E-state index contributed by atoms with van der Waals surface area (Å²) in [6, 6.07) is 12.4. The van der Waals surface area contributed by atoms with Gasteiger partial charge in [-0.2, -0.15) is 4.31 Å². The second-order valence-corrected chi connectivity index (χ2v) is 12.4. The Morgan fingerprint density at radius 2 is 1.92 bits per heavy atom. The van der Waals surface area contributed by atoms with Crippen LogP contribution in [0.2, 0.25) is 0 Å². The van der Waals surface area contributed by atoms with Crippen molar-refractivity contribution in [1.29, 1.82) is 0 Å². The molecule has 1 saturated heterocycles. The van der Waals surface area contributed by atoms with E-state index in [1.165, 1.54) is 23.6 Å². The first-order valence-corrected chi connectivity index (χ1v) is 14.4. The lowest BCUT2D eigenvalue weighted by atomic mass is 10.0. The second-order valence-electron chi connectivity index (χ2n) is 9.48. The molecule has 1 aliphatic heterocycles. The van der Waals surface area contributed by atoms with Crippen LogP contribution in [0.4, 0.5) is 0 Å². The van der Waals surface area contributed by atoms with Crippen LogP contribution in [-0.4, -0.2) is 60.5 Å². The van der Waals surface area contributed by atoms with Crippen molar-refractivity contribution in [2.45, 2.75) is 50.2 Å². The molecule has 0 aliphatic carbocycles. The lowest BCUT2D eigenvalue weighted by molar-refractivity contribution is -0.129. The van der Waals surface area contributed by atoms with Gasteiger partial charge in [0.15, 0.2) is 10.8 Å². The fourth-order valence-electron chi connectivity index (χ4n) is 4.28. The van der Waals surface area contributed by atoms with Crippen molar-refractivity contribution in [3.05, 3.63) is 59.6 Å². The molecule has 3 heterocycles. The summed E-state index contributed by atoms with van der Waals surface area (Å²) in [5.41, 5.74) is 0. The predicted molar refractivity (Wildman–Crippen MR) is 142 cm³/mol. The van der Waals surface area contributed by atoms with E-state index >= 15 is 0 Å². The van der Waals surface area contributed by atoms with Crippen molar-refractivity contribution >= 4 is 49.0 Å². The van der Waals surface area contributed by atoms with Gasteiger partial charge in [-0.15, -0.1) is 11.3 Å². The van der Waals surface area contributed by atoms with E-state index in [0.29, 0.717) is 24.1 Å². The zero-order valence-corrected chi connectivity index (χ0v) is 22.3. The molecule has 3 aromatic rings. The highest BCUT2D eigenvalue weighted by molar-refractivity contribution is 7.89. The number of hydrogen-bond donors (Lipinski definition) is 2. The molecule has 4 rings (SSSR count). The number of benzene rings is 1. The number of sulfonamides is 1. The van der Waals surface area contributed by atoms with Crippen LogP contribution in [0.1, 0.15) is 42.8 Å². The molecular weight excluding hydrogens is 512 g/mol. The largest absolute Gasteiger partial charge is 0.344 e. The topological polar surface area (TPSA) is 126 Å². The first-order chi connectivity index (χ1) is 17.6. The van der Waals surface area contributed by atoms with Crippen LogP contribution in [-0.2, 0) is 19.6 Å². The maximum Gasteiger partial charge on any atom is 0.262 e. The van der Waals surface area contributed by atoms with Crippen molar-refractivity contribution in [3.63, 3.8) is 0 Å². The molecule has 37 heavy (non-hydrogen) atoms. The minimum absolute atomic E-state index is 0.113. The van der Waals surface area contributed by atoms with Gasteiger partial charge in [0.1, 0.15) is 6.04 Å². The number of aromatic nitrogens is 1. The fourth-order valence-corrected chi connectivity index (χ4v) is 6.63. The van der Waals surface area contributed by atoms with Crippen molar-refractivity contribution in [1.82, 2.24) is 19.9 Å². The molecular formula is C26H30N4O5S2. The smallest absolute Gasteiger partial charge is 0.262 e. The number of nitrogens with zero attached hydrogens (tertiary/aromatic N) is 2. The maximum absolute atomic E-state index is 13.2. The Kier molecular flexibility index (Phi) is 8.35. The number of rotatable bonds is 8. The third-order valence-electron chi connectivity index (χ3n) is 6.16. The van der Waals surface area contributed by atoms with E-state index in [2.05, 4.69) is 15.6 Å². The Labute approximate surface area is 220 Å². The molecule has 2 atom stereocenters. The molecule has 11 heteroatoms. The highest BCUT2D eigenvalue weighted by Crippen LogP contribution is 2.25. The third kappa shape index (κ3) is 6.41. The zero-order valence-electron chi connectivity index (χ0n) is 20.7. The van der Waals surface area contributed by atoms with E-state index < -0.39 is 33.8 Å². The van der Waals surface area contributed by atoms with Crippen LogP contribution in [0, 0.1) is 5.92 Å². The quantitative estimate of drug-likeness (QED) is 0.451. The van der Waals surface area contributed by atoms with Gasteiger partial charge in [-0.3, -0.25) is 14.4 Å². The number of Topliss-reactive ketones (excluding diaryl/α,β-unsaturated/α-hetero) is 1. The number of carbonyl (C=O) groups is 3. The van der Waals surface area contributed by atoms with Gasteiger partial charge in [-0.25, -0.2) is 13.4 Å². The van der Waals surface area contributed by atoms with Crippen molar-refractivity contribution in [3.8, 4) is 0 Å². The molecule has 1 aliphatic rings. The number of pyridine rings is 1. The molecule has 0 bridgehead atoms. The van der Waals surface area contributed by atoms with Gasteiger partial charge < -0.3 is 10.6 Å². The van der Waals surface area contributed by atoms with Gasteiger partial charge in [0.25, 0.3) is 15.9 Å². The van der Waals surface area contributed by atoms with E-state index in [4.69, 9.17) is 0 Å². The number of amides is 2. The number of hydrogen-bond acceptors (Lipinski definition) is 7. The Balaban J connectivity index is 1.44. The van der Waals surface area contributed by atoms with E-state index in [1.54, 1.807) is 18.2 Å². The molecule has 0 saturated carbocycles. The Hall–Kier alpha value is -3.15. The summed E-state index contributed by atoms with van der Waals surface area (Å²) in [6.07, 6.45) is 2.48. The first kappa shape index (κ1) is 26.9. The molecule has 0 radical (unpaired) electrons. The summed E-state index contributed by atoms with van der Waals surface area (Å²) in [6.45, 7) is 3.69. The summed E-state index contributed by atoms with van der Waals surface area (Å²) in [5.74, 6) is -1.09. The molecule has 9 nitrogen and oxygen atoms in total. The van der Waals surface area contributed by atoms with Crippen LogP contribution < -0.4 is 10.6 Å². The van der Waals surface area contributed by atoms with Crippen LogP contribution in [0.3, 0.4) is 0 Å². The average Bonchev–Trinajstić information content (AvgIpc) is 3.23. The Morgan fingerprint density at radius 1 is 1.16 bits per heavy atom. The fraction of sp³-hybridized carbons (Fsp3) is 0.385. The molecule has 196 valence electrons. The summed E-state index contributed by atoms with van der Waals surface area (Å²) >= 11 is 1.35. The minimum Gasteiger partial charge on any atom is -0.344 e. The summed E-state index contributed by atoms with van der Waals surface area (Å²) in [5, 5.41) is 6.44. The lowest BCUT2D eigenvalue weighted by Gasteiger charge is -2.23. The number of carbonyl (C=O) groups excluding carboxylic acids is 3. The van der Waals surface area contributed by atoms with Crippen LogP contribution in [0.15, 0.2) is 59.8 Å². The van der Waals surface area contributed by atoms with Crippen molar-refractivity contribution in [2.75, 3.05) is 13.1 Å².